The van der Waals surface area contributed by atoms with E-state index < -0.39 is 27.2 Å². The molecule has 0 amide bonds. The lowest BCUT2D eigenvalue weighted by Crippen LogP contribution is -1.99. The number of non-ortho nitro benzene ring substituents is 1. The monoisotopic (exact) mass is 452 g/mol. The van der Waals surface area contributed by atoms with Crippen molar-refractivity contribution < 1.29 is 19.4 Å². The summed E-state index contributed by atoms with van der Waals surface area (Å²) in [4.78, 5) is 31.6. The lowest BCUT2D eigenvalue weighted by molar-refractivity contribution is -0.393. The minimum atomic E-state index is -0.744. The van der Waals surface area contributed by atoms with Gasteiger partial charge in [-0.15, -0.1) is 0 Å². The van der Waals surface area contributed by atoms with Crippen LogP contribution in [0.15, 0.2) is 70.6 Å². The molecular formula is C23H24N4O6. The van der Waals surface area contributed by atoms with Gasteiger partial charge in [0.05, 0.1) is 28.4 Å². The standard InChI is InChI=1S/C23H24N4O6/c1-17(2)7-5-8-18(3)9-6-10-20(13-14-33-19(4)28)16-24-25-22-12-11-21(26(29)30)15-23(22)27(31)32/h7,9-16,25H,6H2,1-4H3/b14-13+,18-9+,20-10-,24-16+. The molecule has 0 aromatic heterocycles. The number of nitrogens with zero attached hydrogens (tertiary/aromatic N) is 3. The number of carbonyl (C=O) groups is 1. The molecule has 0 bridgehead atoms. The zero-order valence-corrected chi connectivity index (χ0v) is 18.7. The molecule has 0 saturated heterocycles. The third-order valence-electron chi connectivity index (χ3n) is 3.69. The van der Waals surface area contributed by atoms with Crippen LogP contribution in [-0.4, -0.2) is 22.0 Å². The number of nitro benzene ring substituents is 2. The molecule has 0 atom stereocenters. The fourth-order valence-electron chi connectivity index (χ4n) is 2.14. The van der Waals surface area contributed by atoms with Crippen LogP contribution in [0.1, 0.15) is 34.1 Å². The highest BCUT2D eigenvalue weighted by Crippen LogP contribution is 2.28. The van der Waals surface area contributed by atoms with Crippen molar-refractivity contribution in [3.05, 3.63) is 85.7 Å². The largest absolute Gasteiger partial charge is 0.435 e. The highest BCUT2D eigenvalue weighted by Gasteiger charge is 2.19. The van der Waals surface area contributed by atoms with Crippen LogP contribution in [0.4, 0.5) is 17.1 Å². The predicted molar refractivity (Wildman–Crippen MR) is 126 cm³/mol. The van der Waals surface area contributed by atoms with E-state index in [1.807, 2.05) is 32.9 Å². The minimum absolute atomic E-state index is 0.0181. The van der Waals surface area contributed by atoms with E-state index in [-0.39, 0.29) is 5.69 Å². The maximum atomic E-state index is 11.2. The average molecular weight is 452 g/mol. The summed E-state index contributed by atoms with van der Waals surface area (Å²) in [6, 6.07) is 3.17. The molecule has 0 radical (unpaired) electrons. The van der Waals surface area contributed by atoms with Crippen LogP contribution in [0.5, 0.6) is 0 Å². The van der Waals surface area contributed by atoms with Crippen LogP contribution in [-0.2, 0) is 9.53 Å². The molecular weight excluding hydrogens is 428 g/mol. The molecule has 172 valence electrons. The molecule has 0 unspecified atom stereocenters. The Labute approximate surface area is 191 Å². The van der Waals surface area contributed by atoms with Gasteiger partial charge in [-0.3, -0.25) is 30.4 Å². The molecule has 0 aliphatic carbocycles. The second kappa shape index (κ2) is 13.7. The van der Waals surface area contributed by atoms with E-state index in [9.17, 15) is 25.0 Å². The van der Waals surface area contributed by atoms with Crippen molar-refractivity contribution in [3.63, 3.8) is 0 Å². The van der Waals surface area contributed by atoms with Crippen LogP contribution in [0.3, 0.4) is 0 Å². The van der Waals surface area contributed by atoms with Crippen molar-refractivity contribution in [3.8, 4) is 11.8 Å². The van der Waals surface area contributed by atoms with Crippen LogP contribution in [0, 0.1) is 32.1 Å². The predicted octanol–water partition coefficient (Wildman–Crippen LogP) is 5.21. The molecule has 0 aliphatic heterocycles. The number of allylic oxidation sites excluding steroid dienone is 7. The quantitative estimate of drug-likeness (QED) is 0.103. The van der Waals surface area contributed by atoms with Gasteiger partial charge in [0, 0.05) is 13.0 Å². The Morgan fingerprint density at radius 3 is 2.48 bits per heavy atom. The molecule has 0 heterocycles. The van der Waals surface area contributed by atoms with Crippen molar-refractivity contribution in [1.29, 1.82) is 0 Å². The third-order valence-corrected chi connectivity index (χ3v) is 3.69. The first-order valence-electron chi connectivity index (χ1n) is 9.67. The van der Waals surface area contributed by atoms with Crippen molar-refractivity contribution in [2.45, 2.75) is 34.1 Å². The normalized spacial score (nSPS) is 11.6. The Hall–Kier alpha value is -4.52. The van der Waals surface area contributed by atoms with Gasteiger partial charge in [0.25, 0.3) is 5.69 Å². The molecule has 10 nitrogen and oxygen atoms in total. The molecule has 0 fully saturated rings. The smallest absolute Gasteiger partial charge is 0.307 e. The maximum Gasteiger partial charge on any atom is 0.307 e. The summed E-state index contributed by atoms with van der Waals surface area (Å²) in [5.41, 5.74) is 4.10. The topological polar surface area (TPSA) is 137 Å². The van der Waals surface area contributed by atoms with E-state index in [0.717, 1.165) is 23.3 Å². The summed E-state index contributed by atoms with van der Waals surface area (Å²) in [6.45, 7) is 7.04. The summed E-state index contributed by atoms with van der Waals surface area (Å²) >= 11 is 0. The van der Waals surface area contributed by atoms with Gasteiger partial charge in [-0.1, -0.05) is 29.6 Å². The highest BCUT2D eigenvalue weighted by atomic mass is 16.6. The number of hydrogen-bond acceptors (Lipinski definition) is 8. The molecule has 10 heteroatoms. The highest BCUT2D eigenvalue weighted by molar-refractivity contribution is 5.83. The molecule has 1 aromatic rings. The lowest BCUT2D eigenvalue weighted by Gasteiger charge is -2.02. The van der Waals surface area contributed by atoms with E-state index in [4.69, 9.17) is 4.74 Å². The Morgan fingerprint density at radius 2 is 1.88 bits per heavy atom. The number of carbonyl (C=O) groups excluding carboxylic acids is 1. The van der Waals surface area contributed by atoms with Gasteiger partial charge in [0.2, 0.25) is 0 Å². The van der Waals surface area contributed by atoms with Gasteiger partial charge in [-0.2, -0.15) is 5.10 Å². The first-order valence-corrected chi connectivity index (χ1v) is 9.67. The third kappa shape index (κ3) is 10.9. The summed E-state index contributed by atoms with van der Waals surface area (Å²) in [6.07, 6.45) is 10.0. The van der Waals surface area contributed by atoms with Gasteiger partial charge in [0.15, 0.2) is 0 Å². The van der Waals surface area contributed by atoms with E-state index in [2.05, 4.69) is 22.4 Å². The fourth-order valence-corrected chi connectivity index (χ4v) is 2.14. The zero-order valence-electron chi connectivity index (χ0n) is 18.7. The van der Waals surface area contributed by atoms with Crippen LogP contribution in [0.2, 0.25) is 0 Å². The molecule has 0 saturated carbocycles. The molecule has 1 N–H and O–H groups in total. The lowest BCUT2D eigenvalue weighted by atomic mass is 10.2. The first-order chi connectivity index (χ1) is 15.6. The number of hydrogen-bond donors (Lipinski definition) is 1. The van der Waals surface area contributed by atoms with E-state index in [1.165, 1.54) is 31.5 Å². The second-order valence-electron chi connectivity index (χ2n) is 6.82. The SMILES string of the molecule is CC(=O)O/C=C/C(=C/C/C=C(\C)C#CC=C(C)C)/C=N/Nc1ccc([N+](=O)[O-])cc1[N+](=O)[O-]. The molecule has 1 aromatic carbocycles. The number of esters is 1. The molecule has 0 aliphatic rings. The molecule has 1 rings (SSSR count). The second-order valence-corrected chi connectivity index (χ2v) is 6.82. The van der Waals surface area contributed by atoms with E-state index in [1.54, 1.807) is 6.08 Å². The molecule has 0 spiro atoms. The maximum absolute atomic E-state index is 11.2. The Kier molecular flexibility index (Phi) is 11.0. The van der Waals surface area contributed by atoms with Crippen LogP contribution < -0.4 is 5.43 Å². The summed E-state index contributed by atoms with van der Waals surface area (Å²) in [7, 11) is 0. The van der Waals surface area contributed by atoms with Gasteiger partial charge < -0.3 is 4.74 Å². The van der Waals surface area contributed by atoms with E-state index >= 15 is 0 Å². The Bertz CT molecular complexity index is 1110. The van der Waals surface area contributed by atoms with Crippen molar-refractivity contribution in [1.82, 2.24) is 0 Å². The Balaban J connectivity index is 3.05. The first kappa shape index (κ1) is 26.5. The number of anilines is 1. The number of hydrazone groups is 1. The fraction of sp³-hybridized carbons (Fsp3) is 0.217. The summed E-state index contributed by atoms with van der Waals surface area (Å²) in [5.74, 6) is 5.45. The van der Waals surface area contributed by atoms with E-state index in [0.29, 0.717) is 12.0 Å². The number of rotatable bonds is 9. The number of nitro groups is 2. The number of benzene rings is 1. The van der Waals surface area contributed by atoms with Gasteiger partial charge in [-0.25, -0.2) is 0 Å². The van der Waals surface area contributed by atoms with Crippen molar-refractivity contribution in [2.75, 3.05) is 5.43 Å². The zero-order chi connectivity index (χ0) is 24.8. The Morgan fingerprint density at radius 1 is 1.15 bits per heavy atom. The van der Waals surface area contributed by atoms with Gasteiger partial charge in [0.1, 0.15) is 5.69 Å². The minimum Gasteiger partial charge on any atom is -0.435 e. The van der Waals surface area contributed by atoms with Gasteiger partial charge in [-0.05, 0) is 56.6 Å². The van der Waals surface area contributed by atoms with Crippen LogP contribution >= 0.6 is 0 Å². The number of nitrogens with one attached hydrogen (secondary N) is 1. The molecule has 33 heavy (non-hydrogen) atoms. The average Bonchev–Trinajstić information content (AvgIpc) is 2.72. The van der Waals surface area contributed by atoms with Crippen LogP contribution in [0.25, 0.3) is 0 Å². The number of ether oxygens (including phenoxy) is 1. The summed E-state index contributed by atoms with van der Waals surface area (Å²) < 4.78 is 4.79. The summed E-state index contributed by atoms with van der Waals surface area (Å²) in [5, 5.41) is 26.0. The van der Waals surface area contributed by atoms with Crippen molar-refractivity contribution in [2.24, 2.45) is 5.10 Å². The van der Waals surface area contributed by atoms with Crippen molar-refractivity contribution >= 4 is 29.2 Å². The van der Waals surface area contributed by atoms with Gasteiger partial charge >= 0.3 is 11.7 Å².